The zero-order chi connectivity index (χ0) is 15.7. The molecule has 0 radical (unpaired) electrons. The Morgan fingerprint density at radius 2 is 1.95 bits per heavy atom. The summed E-state index contributed by atoms with van der Waals surface area (Å²) >= 11 is 0. The van der Waals surface area contributed by atoms with Crippen molar-refractivity contribution in [2.75, 3.05) is 20.2 Å². The third-order valence-electron chi connectivity index (χ3n) is 3.86. The molecular formula is C14H19NO5S. The molecule has 0 bridgehead atoms. The number of rotatable bonds is 4. The van der Waals surface area contributed by atoms with Gasteiger partial charge in [-0.2, -0.15) is 4.31 Å². The van der Waals surface area contributed by atoms with Crippen LogP contribution in [-0.2, 0) is 14.8 Å². The van der Waals surface area contributed by atoms with E-state index >= 15 is 0 Å². The molecule has 6 nitrogen and oxygen atoms in total. The van der Waals surface area contributed by atoms with E-state index in [1.807, 2.05) is 6.92 Å². The summed E-state index contributed by atoms with van der Waals surface area (Å²) in [5, 5.41) is 8.85. The van der Waals surface area contributed by atoms with Crippen molar-refractivity contribution < 1.29 is 23.1 Å². The van der Waals surface area contributed by atoms with E-state index in [1.54, 1.807) is 7.11 Å². The third kappa shape index (κ3) is 3.25. The zero-order valence-corrected chi connectivity index (χ0v) is 12.9. The molecule has 1 N–H and O–H groups in total. The summed E-state index contributed by atoms with van der Waals surface area (Å²) in [6, 6.07) is 5.26. The zero-order valence-electron chi connectivity index (χ0n) is 12.1. The summed E-state index contributed by atoms with van der Waals surface area (Å²) < 4.78 is 32.0. The molecule has 1 saturated heterocycles. The number of piperidine rings is 1. The lowest BCUT2D eigenvalue weighted by atomic mass is 9.96. The molecule has 7 heteroatoms. The summed E-state index contributed by atoms with van der Waals surface area (Å²) in [4.78, 5) is 10.9. The van der Waals surface area contributed by atoms with Gasteiger partial charge in [-0.25, -0.2) is 13.2 Å². The Bertz CT molecular complexity index is 625. The Morgan fingerprint density at radius 3 is 2.48 bits per heavy atom. The van der Waals surface area contributed by atoms with Gasteiger partial charge in [0.2, 0.25) is 10.0 Å². The summed E-state index contributed by atoms with van der Waals surface area (Å²) in [6.07, 6.45) is 1.55. The highest BCUT2D eigenvalue weighted by molar-refractivity contribution is 7.89. The maximum absolute atomic E-state index is 12.6. The first kappa shape index (κ1) is 15.9. The first-order valence-electron chi connectivity index (χ1n) is 6.67. The molecule has 0 aromatic heterocycles. The minimum atomic E-state index is -3.63. The van der Waals surface area contributed by atoms with Gasteiger partial charge in [0, 0.05) is 20.2 Å². The highest BCUT2D eigenvalue weighted by Gasteiger charge is 2.37. The largest absolute Gasteiger partial charge is 0.478 e. The summed E-state index contributed by atoms with van der Waals surface area (Å²) in [7, 11) is -2.04. The molecule has 21 heavy (non-hydrogen) atoms. The van der Waals surface area contributed by atoms with Crippen LogP contribution >= 0.6 is 0 Å². The van der Waals surface area contributed by atoms with Crippen LogP contribution in [0, 0.1) is 0 Å². The van der Waals surface area contributed by atoms with Gasteiger partial charge in [0.25, 0.3) is 0 Å². The van der Waals surface area contributed by atoms with E-state index in [0.29, 0.717) is 13.1 Å². The van der Waals surface area contributed by atoms with Crippen molar-refractivity contribution in [3.8, 4) is 0 Å². The van der Waals surface area contributed by atoms with E-state index in [4.69, 9.17) is 9.84 Å². The molecule has 1 aliphatic heterocycles. The Morgan fingerprint density at radius 1 is 1.33 bits per heavy atom. The monoisotopic (exact) mass is 313 g/mol. The van der Waals surface area contributed by atoms with Crippen LogP contribution in [0.3, 0.4) is 0 Å². The minimum Gasteiger partial charge on any atom is -0.478 e. The second-order valence-electron chi connectivity index (χ2n) is 5.43. The maximum atomic E-state index is 12.6. The van der Waals surface area contributed by atoms with Crippen molar-refractivity contribution in [1.29, 1.82) is 0 Å². The maximum Gasteiger partial charge on any atom is 0.335 e. The van der Waals surface area contributed by atoms with Gasteiger partial charge < -0.3 is 9.84 Å². The van der Waals surface area contributed by atoms with Gasteiger partial charge in [0.15, 0.2) is 0 Å². The number of hydrogen-bond donors (Lipinski definition) is 1. The predicted molar refractivity (Wildman–Crippen MR) is 76.8 cm³/mol. The Kier molecular flexibility index (Phi) is 4.36. The van der Waals surface area contributed by atoms with Crippen LogP contribution in [0.25, 0.3) is 0 Å². The normalized spacial score (nSPS) is 23.9. The van der Waals surface area contributed by atoms with E-state index in [1.165, 1.54) is 28.6 Å². The predicted octanol–water partition coefficient (Wildman–Crippen LogP) is 1.57. The molecule has 0 spiro atoms. The van der Waals surface area contributed by atoms with Crippen LogP contribution in [0.15, 0.2) is 29.2 Å². The standard InChI is InChI=1S/C14H19NO5S/c1-14(20-2)8-3-9-15(10-14)21(18,19)12-6-4-11(5-7-12)13(16)17/h4-7H,3,8-10H2,1-2H3,(H,16,17). The Labute approximate surface area is 124 Å². The van der Waals surface area contributed by atoms with Crippen LogP contribution in [-0.4, -0.2) is 49.6 Å². The quantitative estimate of drug-likeness (QED) is 0.912. The molecule has 1 atom stereocenters. The van der Waals surface area contributed by atoms with Crippen molar-refractivity contribution in [2.24, 2.45) is 0 Å². The number of sulfonamides is 1. The van der Waals surface area contributed by atoms with Crippen LogP contribution in [0.5, 0.6) is 0 Å². The fraction of sp³-hybridized carbons (Fsp3) is 0.500. The fourth-order valence-electron chi connectivity index (χ4n) is 2.45. The van der Waals surface area contributed by atoms with E-state index in [-0.39, 0.29) is 10.5 Å². The SMILES string of the molecule is COC1(C)CCCN(S(=O)(=O)c2ccc(C(=O)O)cc2)C1. The van der Waals surface area contributed by atoms with Crippen molar-refractivity contribution in [1.82, 2.24) is 4.31 Å². The molecule has 1 fully saturated rings. The molecule has 1 heterocycles. The lowest BCUT2D eigenvalue weighted by molar-refractivity contribution is -0.0319. The topological polar surface area (TPSA) is 83.9 Å². The highest BCUT2D eigenvalue weighted by Crippen LogP contribution is 2.28. The summed E-state index contributed by atoms with van der Waals surface area (Å²) in [5.74, 6) is -1.08. The number of ether oxygens (including phenoxy) is 1. The first-order chi connectivity index (χ1) is 9.78. The molecule has 0 aliphatic carbocycles. The van der Waals surface area contributed by atoms with E-state index < -0.39 is 21.6 Å². The van der Waals surface area contributed by atoms with Gasteiger partial charge in [0.1, 0.15) is 0 Å². The van der Waals surface area contributed by atoms with Gasteiger partial charge in [-0.05, 0) is 44.0 Å². The minimum absolute atomic E-state index is 0.0642. The first-order valence-corrected chi connectivity index (χ1v) is 8.11. The third-order valence-corrected chi connectivity index (χ3v) is 5.72. The second-order valence-corrected chi connectivity index (χ2v) is 7.36. The number of hydrogen-bond acceptors (Lipinski definition) is 4. The smallest absolute Gasteiger partial charge is 0.335 e. The number of nitrogens with zero attached hydrogens (tertiary/aromatic N) is 1. The van der Waals surface area contributed by atoms with Crippen molar-refractivity contribution in [3.05, 3.63) is 29.8 Å². The second kappa shape index (κ2) is 5.75. The van der Waals surface area contributed by atoms with Gasteiger partial charge in [-0.1, -0.05) is 0 Å². The Balaban J connectivity index is 2.27. The number of methoxy groups -OCH3 is 1. The average molecular weight is 313 g/mol. The van der Waals surface area contributed by atoms with Crippen LogP contribution in [0.1, 0.15) is 30.1 Å². The molecule has 1 aliphatic rings. The summed E-state index contributed by atoms with van der Waals surface area (Å²) in [6.45, 7) is 2.64. The number of carbonyl (C=O) groups is 1. The molecule has 1 aromatic carbocycles. The van der Waals surface area contributed by atoms with E-state index in [2.05, 4.69) is 0 Å². The van der Waals surface area contributed by atoms with Crippen molar-refractivity contribution >= 4 is 16.0 Å². The van der Waals surface area contributed by atoms with Crippen molar-refractivity contribution in [3.63, 3.8) is 0 Å². The van der Waals surface area contributed by atoms with Gasteiger partial charge in [0.05, 0.1) is 16.1 Å². The van der Waals surface area contributed by atoms with Crippen LogP contribution in [0.2, 0.25) is 0 Å². The van der Waals surface area contributed by atoms with Gasteiger partial charge in [-0.15, -0.1) is 0 Å². The average Bonchev–Trinajstić information content (AvgIpc) is 2.47. The van der Waals surface area contributed by atoms with Gasteiger partial charge >= 0.3 is 5.97 Å². The van der Waals surface area contributed by atoms with E-state index in [0.717, 1.165) is 12.8 Å². The molecule has 0 amide bonds. The molecule has 0 saturated carbocycles. The number of carboxylic acid groups (broad SMARTS) is 1. The fourth-order valence-corrected chi connectivity index (χ4v) is 4.04. The molecular weight excluding hydrogens is 294 g/mol. The Hall–Kier alpha value is -1.44. The molecule has 2 rings (SSSR count). The lowest BCUT2D eigenvalue weighted by Crippen LogP contribution is -2.49. The highest BCUT2D eigenvalue weighted by atomic mass is 32.2. The van der Waals surface area contributed by atoms with Crippen molar-refractivity contribution in [2.45, 2.75) is 30.3 Å². The molecule has 116 valence electrons. The lowest BCUT2D eigenvalue weighted by Gasteiger charge is -2.38. The number of carboxylic acids is 1. The van der Waals surface area contributed by atoms with Crippen LogP contribution in [0.4, 0.5) is 0 Å². The molecule has 1 aromatic rings. The molecule has 1 unspecified atom stereocenters. The van der Waals surface area contributed by atoms with Crippen LogP contribution < -0.4 is 0 Å². The van der Waals surface area contributed by atoms with Gasteiger partial charge in [-0.3, -0.25) is 0 Å². The number of benzene rings is 1. The van der Waals surface area contributed by atoms with E-state index in [9.17, 15) is 13.2 Å². The summed E-state index contributed by atoms with van der Waals surface area (Å²) in [5.41, 5.74) is -0.416. The number of aromatic carboxylic acids is 1.